The Hall–Kier alpha value is -1.22. The van der Waals surface area contributed by atoms with E-state index in [4.69, 9.17) is 9.99 Å². The summed E-state index contributed by atoms with van der Waals surface area (Å²) in [6, 6.07) is 5.16. The number of rotatable bonds is 3. The highest BCUT2D eigenvalue weighted by atomic mass is 17.1. The van der Waals surface area contributed by atoms with E-state index in [0.29, 0.717) is 5.75 Å². The van der Waals surface area contributed by atoms with Gasteiger partial charge in [-0.2, -0.15) is 0 Å². The largest absolute Gasteiger partial charge is 0.491 e. The molecule has 1 aromatic carbocycles. The van der Waals surface area contributed by atoms with Crippen LogP contribution in [0.4, 0.5) is 0 Å². The Morgan fingerprint density at radius 3 is 2.46 bits per heavy atom. The van der Waals surface area contributed by atoms with Crippen LogP contribution in [0.15, 0.2) is 18.2 Å². The molecule has 0 amide bonds. The van der Waals surface area contributed by atoms with E-state index in [1.165, 1.54) is 0 Å². The Morgan fingerprint density at radius 1 is 1.31 bits per heavy atom. The van der Waals surface area contributed by atoms with Crippen molar-refractivity contribution in [1.29, 1.82) is 0 Å². The van der Waals surface area contributed by atoms with Gasteiger partial charge in [-0.25, -0.2) is 5.26 Å². The van der Waals surface area contributed by atoms with E-state index in [9.17, 15) is 0 Å². The molecule has 0 bridgehead atoms. The van der Waals surface area contributed by atoms with Gasteiger partial charge in [0.1, 0.15) is 5.75 Å². The first-order valence-electron chi connectivity index (χ1n) is 4.22. The minimum atomic E-state index is 0.152. The summed E-state index contributed by atoms with van der Waals surface area (Å²) in [5.74, 6) is 1.24. The molecule has 0 radical (unpaired) electrons. The van der Waals surface area contributed by atoms with E-state index in [1.807, 2.05) is 20.8 Å². The second kappa shape index (κ2) is 4.14. The maximum atomic E-state index is 8.39. The first-order chi connectivity index (χ1) is 6.13. The summed E-state index contributed by atoms with van der Waals surface area (Å²) in [7, 11) is 0. The zero-order chi connectivity index (χ0) is 9.84. The minimum Gasteiger partial charge on any atom is -0.491 e. The summed E-state index contributed by atoms with van der Waals surface area (Å²) >= 11 is 0. The lowest BCUT2D eigenvalue weighted by molar-refractivity contribution is -0.137. The Morgan fingerprint density at radius 2 is 2.00 bits per heavy atom. The van der Waals surface area contributed by atoms with E-state index in [1.54, 1.807) is 18.2 Å². The standard InChI is InChI=1S/C10H14O3/c1-7(2)12-10-5-4-9(13-11)6-8(10)3/h4-7,11H,1-3H3. The van der Waals surface area contributed by atoms with Crippen LogP contribution in [0.1, 0.15) is 19.4 Å². The third kappa shape index (κ3) is 2.63. The number of ether oxygens (including phenoxy) is 1. The molecule has 0 unspecified atom stereocenters. The van der Waals surface area contributed by atoms with E-state index >= 15 is 0 Å². The van der Waals surface area contributed by atoms with E-state index in [2.05, 4.69) is 4.89 Å². The zero-order valence-corrected chi connectivity index (χ0v) is 8.07. The molecule has 72 valence electrons. The third-order valence-electron chi connectivity index (χ3n) is 1.61. The van der Waals surface area contributed by atoms with Crippen molar-refractivity contribution in [3.63, 3.8) is 0 Å². The second-order valence-corrected chi connectivity index (χ2v) is 3.19. The average Bonchev–Trinajstić information content (AvgIpc) is 2.08. The van der Waals surface area contributed by atoms with Gasteiger partial charge >= 0.3 is 0 Å². The fourth-order valence-electron chi connectivity index (χ4n) is 1.06. The van der Waals surface area contributed by atoms with Crippen LogP contribution in [0.5, 0.6) is 11.5 Å². The highest BCUT2D eigenvalue weighted by Crippen LogP contribution is 2.23. The Labute approximate surface area is 77.8 Å². The Balaban J connectivity index is 2.85. The predicted molar refractivity (Wildman–Crippen MR) is 50.2 cm³/mol. The molecule has 0 fully saturated rings. The normalized spacial score (nSPS) is 10.2. The number of aryl methyl sites for hydroxylation is 1. The molecule has 3 heteroatoms. The number of hydrogen-bond donors (Lipinski definition) is 1. The molecule has 0 saturated heterocycles. The van der Waals surface area contributed by atoms with Gasteiger partial charge in [0.15, 0.2) is 5.75 Å². The summed E-state index contributed by atoms with van der Waals surface area (Å²) in [5, 5.41) is 8.39. The fraction of sp³-hybridized carbons (Fsp3) is 0.400. The summed E-state index contributed by atoms with van der Waals surface area (Å²) in [6.07, 6.45) is 0.152. The first-order valence-corrected chi connectivity index (χ1v) is 4.22. The van der Waals surface area contributed by atoms with Crippen molar-refractivity contribution in [2.45, 2.75) is 26.9 Å². The van der Waals surface area contributed by atoms with Crippen molar-refractivity contribution in [2.24, 2.45) is 0 Å². The lowest BCUT2D eigenvalue weighted by Crippen LogP contribution is -2.06. The van der Waals surface area contributed by atoms with Gasteiger partial charge in [-0.1, -0.05) is 0 Å². The van der Waals surface area contributed by atoms with Crippen LogP contribution in [0.25, 0.3) is 0 Å². The van der Waals surface area contributed by atoms with Gasteiger partial charge in [0.05, 0.1) is 6.10 Å². The number of hydrogen-bond acceptors (Lipinski definition) is 3. The van der Waals surface area contributed by atoms with Crippen LogP contribution in [0, 0.1) is 6.92 Å². The molecule has 0 aliphatic heterocycles. The van der Waals surface area contributed by atoms with Gasteiger partial charge in [0.2, 0.25) is 0 Å². The summed E-state index contributed by atoms with van der Waals surface area (Å²) in [4.78, 5) is 4.10. The molecule has 1 N–H and O–H groups in total. The zero-order valence-electron chi connectivity index (χ0n) is 8.07. The summed E-state index contributed by atoms with van der Waals surface area (Å²) in [6.45, 7) is 5.84. The topological polar surface area (TPSA) is 38.7 Å². The maximum absolute atomic E-state index is 8.39. The van der Waals surface area contributed by atoms with Crippen LogP contribution < -0.4 is 9.62 Å². The second-order valence-electron chi connectivity index (χ2n) is 3.19. The molecule has 0 spiro atoms. The van der Waals surface area contributed by atoms with E-state index in [0.717, 1.165) is 11.3 Å². The first kappa shape index (κ1) is 9.86. The Kier molecular flexibility index (Phi) is 3.14. The summed E-state index contributed by atoms with van der Waals surface area (Å²) in [5.41, 5.74) is 0.945. The maximum Gasteiger partial charge on any atom is 0.165 e. The quantitative estimate of drug-likeness (QED) is 0.577. The molecular weight excluding hydrogens is 168 g/mol. The van der Waals surface area contributed by atoms with Crippen molar-refractivity contribution < 1.29 is 14.9 Å². The molecule has 0 aromatic heterocycles. The van der Waals surface area contributed by atoms with Gasteiger partial charge in [0.25, 0.3) is 0 Å². The number of benzene rings is 1. The average molecular weight is 182 g/mol. The molecule has 13 heavy (non-hydrogen) atoms. The van der Waals surface area contributed by atoms with Crippen LogP contribution in [0.3, 0.4) is 0 Å². The molecule has 3 nitrogen and oxygen atoms in total. The molecule has 0 aliphatic rings. The van der Waals surface area contributed by atoms with Gasteiger partial charge in [-0.3, -0.25) is 0 Å². The third-order valence-corrected chi connectivity index (χ3v) is 1.61. The lowest BCUT2D eigenvalue weighted by atomic mass is 10.2. The van der Waals surface area contributed by atoms with Gasteiger partial charge in [-0.15, -0.1) is 0 Å². The highest BCUT2D eigenvalue weighted by molar-refractivity contribution is 5.39. The van der Waals surface area contributed by atoms with Crippen LogP contribution >= 0.6 is 0 Å². The van der Waals surface area contributed by atoms with Crippen molar-refractivity contribution in [3.05, 3.63) is 23.8 Å². The van der Waals surface area contributed by atoms with Crippen LogP contribution in [-0.2, 0) is 0 Å². The van der Waals surface area contributed by atoms with Gasteiger partial charge < -0.3 is 9.62 Å². The molecule has 1 aromatic rings. The Bertz CT molecular complexity index is 281. The van der Waals surface area contributed by atoms with Crippen molar-refractivity contribution in [1.82, 2.24) is 0 Å². The molecule has 0 aliphatic carbocycles. The van der Waals surface area contributed by atoms with E-state index in [-0.39, 0.29) is 6.10 Å². The van der Waals surface area contributed by atoms with Gasteiger partial charge in [0, 0.05) is 0 Å². The summed E-state index contributed by atoms with van der Waals surface area (Å²) < 4.78 is 5.51. The highest BCUT2D eigenvalue weighted by Gasteiger charge is 2.03. The fourth-order valence-corrected chi connectivity index (χ4v) is 1.06. The predicted octanol–water partition coefficient (Wildman–Crippen LogP) is 2.63. The van der Waals surface area contributed by atoms with Crippen molar-refractivity contribution in [3.8, 4) is 11.5 Å². The monoisotopic (exact) mass is 182 g/mol. The molecule has 1 rings (SSSR count). The molecule has 0 atom stereocenters. The lowest BCUT2D eigenvalue weighted by Gasteiger charge is -2.12. The minimum absolute atomic E-state index is 0.152. The molecular formula is C10H14O3. The smallest absolute Gasteiger partial charge is 0.165 e. The van der Waals surface area contributed by atoms with E-state index < -0.39 is 0 Å². The van der Waals surface area contributed by atoms with Crippen molar-refractivity contribution in [2.75, 3.05) is 0 Å². The van der Waals surface area contributed by atoms with Crippen LogP contribution in [-0.4, -0.2) is 11.4 Å². The van der Waals surface area contributed by atoms with Crippen molar-refractivity contribution >= 4 is 0 Å². The van der Waals surface area contributed by atoms with Crippen LogP contribution in [0.2, 0.25) is 0 Å². The SMILES string of the molecule is Cc1cc(OO)ccc1OC(C)C. The van der Waals surface area contributed by atoms with Gasteiger partial charge in [-0.05, 0) is 44.5 Å². The molecule has 0 saturated carbocycles. The molecule has 0 heterocycles.